The smallest absolute Gasteiger partial charge is 0.138 e. The van der Waals surface area contributed by atoms with Gasteiger partial charge in [0.25, 0.3) is 0 Å². The average Bonchev–Trinajstić information content (AvgIpc) is 2.70. The molecule has 72 valence electrons. The van der Waals surface area contributed by atoms with E-state index in [9.17, 15) is 0 Å². The van der Waals surface area contributed by atoms with Gasteiger partial charge in [0.05, 0.1) is 11.9 Å². The van der Waals surface area contributed by atoms with Gasteiger partial charge < -0.3 is 4.74 Å². The summed E-state index contributed by atoms with van der Waals surface area (Å²) in [4.78, 5) is 3.89. The van der Waals surface area contributed by atoms with Crippen LogP contribution in [0.4, 0.5) is 0 Å². The second-order valence-electron chi connectivity index (χ2n) is 2.69. The lowest BCUT2D eigenvalue weighted by Gasteiger charge is -2.02. The van der Waals surface area contributed by atoms with Crippen molar-refractivity contribution in [1.82, 2.24) is 15.2 Å². The monoisotopic (exact) mass is 209 g/mol. The summed E-state index contributed by atoms with van der Waals surface area (Å²) in [6.07, 6.45) is 3.26. The summed E-state index contributed by atoms with van der Waals surface area (Å²) in [6.45, 7) is 0.448. The molecule has 0 radical (unpaired) electrons. The van der Waals surface area contributed by atoms with Gasteiger partial charge in [0.1, 0.15) is 17.5 Å². The van der Waals surface area contributed by atoms with Gasteiger partial charge in [0.2, 0.25) is 0 Å². The van der Waals surface area contributed by atoms with Crippen LogP contribution in [0, 0.1) is 0 Å². The number of aromatic nitrogens is 3. The zero-order valence-electron chi connectivity index (χ0n) is 7.27. The first-order valence-electron chi connectivity index (χ1n) is 4.07. The van der Waals surface area contributed by atoms with Crippen LogP contribution >= 0.6 is 11.6 Å². The Morgan fingerprint density at radius 3 is 2.93 bits per heavy atom. The van der Waals surface area contributed by atoms with Crippen LogP contribution in [0.15, 0.2) is 30.6 Å². The number of halogens is 1. The number of aromatic amines is 1. The number of hydrogen-bond acceptors (Lipinski definition) is 3. The van der Waals surface area contributed by atoms with Gasteiger partial charge in [-0.2, -0.15) is 5.10 Å². The third kappa shape index (κ3) is 2.23. The molecule has 0 amide bonds. The highest BCUT2D eigenvalue weighted by Gasteiger charge is 1.96. The Hall–Kier alpha value is -1.55. The van der Waals surface area contributed by atoms with Crippen molar-refractivity contribution in [3.8, 4) is 5.75 Å². The van der Waals surface area contributed by atoms with Crippen molar-refractivity contribution in [1.29, 1.82) is 0 Å². The maximum Gasteiger partial charge on any atom is 0.138 e. The number of H-pyrrole nitrogens is 1. The zero-order chi connectivity index (χ0) is 9.80. The molecule has 14 heavy (non-hydrogen) atoms. The van der Waals surface area contributed by atoms with E-state index in [1.807, 2.05) is 6.07 Å². The van der Waals surface area contributed by atoms with Crippen LogP contribution in [0.5, 0.6) is 5.75 Å². The molecular formula is C9H8ClN3O. The molecule has 0 atom stereocenters. The van der Waals surface area contributed by atoms with Gasteiger partial charge in [0.15, 0.2) is 0 Å². The van der Waals surface area contributed by atoms with Gasteiger partial charge >= 0.3 is 0 Å². The van der Waals surface area contributed by atoms with Crippen molar-refractivity contribution in [2.75, 3.05) is 0 Å². The number of ether oxygens (including phenoxy) is 1. The second-order valence-corrected chi connectivity index (χ2v) is 3.07. The summed E-state index contributed by atoms with van der Waals surface area (Å²) < 4.78 is 5.41. The molecule has 0 aliphatic heterocycles. The molecule has 0 bridgehead atoms. The predicted octanol–water partition coefficient (Wildman–Crippen LogP) is 2.04. The van der Waals surface area contributed by atoms with E-state index in [4.69, 9.17) is 16.3 Å². The minimum Gasteiger partial charge on any atom is -0.486 e. The summed E-state index contributed by atoms with van der Waals surface area (Å²) >= 11 is 5.63. The minimum atomic E-state index is 0.448. The van der Waals surface area contributed by atoms with E-state index in [2.05, 4.69) is 15.2 Å². The van der Waals surface area contributed by atoms with E-state index in [-0.39, 0.29) is 0 Å². The minimum absolute atomic E-state index is 0.448. The second kappa shape index (κ2) is 4.11. The highest BCUT2D eigenvalue weighted by atomic mass is 35.5. The largest absolute Gasteiger partial charge is 0.486 e. The Bertz CT molecular complexity index is 385. The molecule has 0 fully saturated rings. The summed E-state index contributed by atoms with van der Waals surface area (Å²) in [7, 11) is 0. The van der Waals surface area contributed by atoms with E-state index in [0.717, 1.165) is 5.69 Å². The molecule has 0 unspecified atom stereocenters. The van der Waals surface area contributed by atoms with Crippen LogP contribution in [0.3, 0.4) is 0 Å². The van der Waals surface area contributed by atoms with E-state index in [1.54, 1.807) is 24.5 Å². The van der Waals surface area contributed by atoms with Crippen LogP contribution < -0.4 is 4.74 Å². The Morgan fingerprint density at radius 1 is 1.36 bits per heavy atom. The molecule has 0 aliphatic rings. The number of nitrogens with zero attached hydrogens (tertiary/aromatic N) is 2. The van der Waals surface area contributed by atoms with Crippen LogP contribution in [-0.2, 0) is 6.61 Å². The van der Waals surface area contributed by atoms with E-state index < -0.39 is 0 Å². The summed E-state index contributed by atoms with van der Waals surface area (Å²) in [5.74, 6) is 0.684. The molecule has 2 rings (SSSR count). The Labute approximate surface area is 85.9 Å². The fourth-order valence-electron chi connectivity index (χ4n) is 0.974. The molecule has 0 spiro atoms. The molecule has 0 aromatic carbocycles. The van der Waals surface area contributed by atoms with Crippen molar-refractivity contribution < 1.29 is 4.74 Å². The molecule has 0 saturated carbocycles. The molecule has 5 heteroatoms. The molecule has 2 heterocycles. The molecular weight excluding hydrogens is 202 g/mol. The van der Waals surface area contributed by atoms with Crippen LogP contribution in [0.1, 0.15) is 5.69 Å². The van der Waals surface area contributed by atoms with Crippen molar-refractivity contribution in [3.05, 3.63) is 41.4 Å². The lowest BCUT2D eigenvalue weighted by atomic mass is 10.4. The molecule has 1 N–H and O–H groups in total. The maximum absolute atomic E-state index is 5.63. The van der Waals surface area contributed by atoms with E-state index in [1.165, 1.54) is 0 Å². The summed E-state index contributed by atoms with van der Waals surface area (Å²) in [5.41, 5.74) is 0.917. The maximum atomic E-state index is 5.63. The first-order valence-corrected chi connectivity index (χ1v) is 4.45. The van der Waals surface area contributed by atoms with Gasteiger partial charge in [-0.25, -0.2) is 4.98 Å². The Morgan fingerprint density at radius 2 is 2.29 bits per heavy atom. The van der Waals surface area contributed by atoms with Crippen molar-refractivity contribution in [3.63, 3.8) is 0 Å². The molecule has 2 aromatic heterocycles. The summed E-state index contributed by atoms with van der Waals surface area (Å²) in [6, 6.07) is 5.30. The highest BCUT2D eigenvalue weighted by molar-refractivity contribution is 6.29. The van der Waals surface area contributed by atoms with Crippen molar-refractivity contribution in [2.45, 2.75) is 6.61 Å². The number of hydrogen-bond donors (Lipinski definition) is 1. The fourth-order valence-corrected chi connectivity index (χ4v) is 1.09. The van der Waals surface area contributed by atoms with Crippen molar-refractivity contribution >= 4 is 11.6 Å². The third-order valence-corrected chi connectivity index (χ3v) is 1.88. The van der Waals surface area contributed by atoms with Crippen molar-refractivity contribution in [2.24, 2.45) is 0 Å². The highest BCUT2D eigenvalue weighted by Crippen LogP contribution is 2.13. The average molecular weight is 210 g/mol. The van der Waals surface area contributed by atoms with E-state index in [0.29, 0.717) is 17.5 Å². The van der Waals surface area contributed by atoms with Gasteiger partial charge in [-0.05, 0) is 18.2 Å². The van der Waals surface area contributed by atoms with E-state index >= 15 is 0 Å². The standard InChI is InChI=1S/C9H8ClN3O/c10-9-2-1-8(5-11-9)14-6-7-3-4-12-13-7/h1-5H,6H2,(H,12,13). The predicted molar refractivity (Wildman–Crippen MR) is 52.2 cm³/mol. The Balaban J connectivity index is 1.95. The SMILES string of the molecule is Clc1ccc(OCc2ccn[nH]2)cn1. The zero-order valence-corrected chi connectivity index (χ0v) is 8.03. The first-order chi connectivity index (χ1) is 6.84. The normalized spacial score (nSPS) is 10.1. The Kier molecular flexibility index (Phi) is 2.65. The molecule has 2 aromatic rings. The molecule has 0 aliphatic carbocycles. The third-order valence-electron chi connectivity index (χ3n) is 1.65. The summed E-state index contributed by atoms with van der Waals surface area (Å²) in [5, 5.41) is 7.06. The fraction of sp³-hybridized carbons (Fsp3) is 0.111. The van der Waals surface area contributed by atoms with Crippen LogP contribution in [-0.4, -0.2) is 15.2 Å². The first kappa shape index (κ1) is 9.02. The number of nitrogens with one attached hydrogen (secondary N) is 1. The van der Waals surface area contributed by atoms with Gasteiger partial charge in [-0.15, -0.1) is 0 Å². The van der Waals surface area contributed by atoms with Gasteiger partial charge in [-0.3, -0.25) is 5.10 Å². The molecule has 0 saturated heterocycles. The van der Waals surface area contributed by atoms with Gasteiger partial charge in [0, 0.05) is 6.20 Å². The van der Waals surface area contributed by atoms with Gasteiger partial charge in [-0.1, -0.05) is 11.6 Å². The molecule has 4 nitrogen and oxygen atoms in total. The lowest BCUT2D eigenvalue weighted by molar-refractivity contribution is 0.300. The lowest BCUT2D eigenvalue weighted by Crippen LogP contribution is -1.95. The van der Waals surface area contributed by atoms with Crippen LogP contribution in [0.25, 0.3) is 0 Å². The number of rotatable bonds is 3. The topological polar surface area (TPSA) is 50.8 Å². The quantitative estimate of drug-likeness (QED) is 0.787. The number of pyridine rings is 1. The van der Waals surface area contributed by atoms with Crippen LogP contribution in [0.2, 0.25) is 5.15 Å².